The summed E-state index contributed by atoms with van der Waals surface area (Å²) in [5, 5.41) is 5.02. The standard InChI is InChI=1S/C18H23ClN4O/c1-14-7-8-20-23(14)15(2)18(24)22-11-9-21(10-12-22)13-16-3-5-17(19)6-4-16/h3-8,15H,9-13H2,1-2H3. The predicted octanol–water partition coefficient (Wildman–Crippen LogP) is 2.75. The van der Waals surface area contributed by atoms with Crippen molar-refractivity contribution >= 4 is 17.5 Å². The van der Waals surface area contributed by atoms with Gasteiger partial charge in [-0.15, -0.1) is 0 Å². The second-order valence-electron chi connectivity index (χ2n) is 6.32. The maximum absolute atomic E-state index is 12.7. The van der Waals surface area contributed by atoms with Crippen molar-refractivity contribution in [2.75, 3.05) is 26.2 Å². The second-order valence-corrected chi connectivity index (χ2v) is 6.76. The largest absolute Gasteiger partial charge is 0.338 e. The molecule has 2 aromatic rings. The van der Waals surface area contributed by atoms with Gasteiger partial charge in [0.1, 0.15) is 6.04 Å². The lowest BCUT2D eigenvalue weighted by atomic mass is 10.2. The van der Waals surface area contributed by atoms with E-state index < -0.39 is 0 Å². The number of piperazine rings is 1. The fourth-order valence-corrected chi connectivity index (χ4v) is 3.26. The Hall–Kier alpha value is -1.85. The minimum Gasteiger partial charge on any atom is -0.338 e. The first kappa shape index (κ1) is 17.0. The molecule has 2 heterocycles. The lowest BCUT2D eigenvalue weighted by molar-refractivity contribution is -0.136. The Bertz CT molecular complexity index is 689. The fraction of sp³-hybridized carbons (Fsp3) is 0.444. The molecule has 1 aromatic carbocycles. The fourth-order valence-electron chi connectivity index (χ4n) is 3.13. The van der Waals surface area contributed by atoms with E-state index in [2.05, 4.69) is 22.1 Å². The van der Waals surface area contributed by atoms with Gasteiger partial charge in [-0.1, -0.05) is 23.7 Å². The van der Waals surface area contributed by atoms with E-state index in [1.807, 2.05) is 36.9 Å². The number of amides is 1. The highest BCUT2D eigenvalue weighted by atomic mass is 35.5. The van der Waals surface area contributed by atoms with E-state index in [0.29, 0.717) is 0 Å². The summed E-state index contributed by atoms with van der Waals surface area (Å²) < 4.78 is 1.79. The molecular weight excluding hydrogens is 324 g/mol. The monoisotopic (exact) mass is 346 g/mol. The van der Waals surface area contributed by atoms with Crippen LogP contribution in [0.1, 0.15) is 24.2 Å². The number of aromatic nitrogens is 2. The van der Waals surface area contributed by atoms with Crippen LogP contribution in [0.4, 0.5) is 0 Å². The molecule has 5 nitrogen and oxygen atoms in total. The van der Waals surface area contributed by atoms with Crippen molar-refractivity contribution in [2.24, 2.45) is 0 Å². The Labute approximate surface area is 147 Å². The number of hydrogen-bond donors (Lipinski definition) is 0. The van der Waals surface area contributed by atoms with Crippen LogP contribution in [0.3, 0.4) is 0 Å². The molecule has 1 amide bonds. The van der Waals surface area contributed by atoms with E-state index in [1.54, 1.807) is 10.9 Å². The van der Waals surface area contributed by atoms with Gasteiger partial charge in [0, 0.05) is 49.6 Å². The Morgan fingerprint density at radius 2 is 1.83 bits per heavy atom. The van der Waals surface area contributed by atoms with Crippen LogP contribution in [-0.2, 0) is 11.3 Å². The molecule has 1 aliphatic heterocycles. The summed E-state index contributed by atoms with van der Waals surface area (Å²) in [6, 6.07) is 9.64. The van der Waals surface area contributed by atoms with Crippen molar-refractivity contribution in [3.8, 4) is 0 Å². The number of carbonyl (C=O) groups is 1. The normalized spacial score (nSPS) is 17.0. The van der Waals surface area contributed by atoms with Crippen LogP contribution >= 0.6 is 11.6 Å². The van der Waals surface area contributed by atoms with Crippen LogP contribution in [0.2, 0.25) is 5.02 Å². The molecule has 6 heteroatoms. The number of aryl methyl sites for hydroxylation is 1. The van der Waals surface area contributed by atoms with Gasteiger partial charge >= 0.3 is 0 Å². The number of nitrogens with zero attached hydrogens (tertiary/aromatic N) is 4. The molecule has 1 atom stereocenters. The average Bonchev–Trinajstić information content (AvgIpc) is 3.02. The van der Waals surface area contributed by atoms with E-state index in [1.165, 1.54) is 5.56 Å². The average molecular weight is 347 g/mol. The molecular formula is C18H23ClN4O. The molecule has 0 saturated carbocycles. The quantitative estimate of drug-likeness (QED) is 0.854. The smallest absolute Gasteiger partial charge is 0.247 e. The number of benzene rings is 1. The van der Waals surface area contributed by atoms with Crippen molar-refractivity contribution in [3.05, 3.63) is 52.8 Å². The molecule has 0 bridgehead atoms. The highest BCUT2D eigenvalue weighted by Crippen LogP contribution is 2.16. The highest BCUT2D eigenvalue weighted by molar-refractivity contribution is 6.30. The zero-order valence-electron chi connectivity index (χ0n) is 14.2. The SMILES string of the molecule is Cc1ccnn1C(C)C(=O)N1CCN(Cc2ccc(Cl)cc2)CC1. The zero-order valence-corrected chi connectivity index (χ0v) is 14.9. The van der Waals surface area contributed by atoms with Crippen LogP contribution in [-0.4, -0.2) is 51.7 Å². The lowest BCUT2D eigenvalue weighted by Crippen LogP contribution is -2.50. The van der Waals surface area contributed by atoms with E-state index in [4.69, 9.17) is 11.6 Å². The van der Waals surface area contributed by atoms with E-state index in [-0.39, 0.29) is 11.9 Å². The topological polar surface area (TPSA) is 41.4 Å². The number of rotatable bonds is 4. The molecule has 1 aliphatic rings. The third kappa shape index (κ3) is 3.79. The van der Waals surface area contributed by atoms with Gasteiger partial charge in [-0.2, -0.15) is 5.10 Å². The summed E-state index contributed by atoms with van der Waals surface area (Å²) in [5.41, 5.74) is 2.26. The van der Waals surface area contributed by atoms with Gasteiger partial charge in [-0.25, -0.2) is 0 Å². The Morgan fingerprint density at radius 1 is 1.17 bits per heavy atom. The van der Waals surface area contributed by atoms with Crippen molar-refractivity contribution < 1.29 is 4.79 Å². The number of carbonyl (C=O) groups excluding carboxylic acids is 1. The number of hydrogen-bond acceptors (Lipinski definition) is 3. The van der Waals surface area contributed by atoms with Gasteiger partial charge in [0.05, 0.1) is 0 Å². The minimum absolute atomic E-state index is 0.146. The summed E-state index contributed by atoms with van der Waals surface area (Å²) in [6.45, 7) is 8.09. The first-order valence-corrected chi connectivity index (χ1v) is 8.68. The Morgan fingerprint density at radius 3 is 2.42 bits per heavy atom. The van der Waals surface area contributed by atoms with Crippen molar-refractivity contribution in [2.45, 2.75) is 26.4 Å². The van der Waals surface area contributed by atoms with Crippen LogP contribution in [0.15, 0.2) is 36.5 Å². The van der Waals surface area contributed by atoms with Gasteiger partial charge in [0.15, 0.2) is 0 Å². The first-order chi connectivity index (χ1) is 11.5. The van der Waals surface area contributed by atoms with Gasteiger partial charge in [0.25, 0.3) is 0 Å². The maximum atomic E-state index is 12.7. The highest BCUT2D eigenvalue weighted by Gasteiger charge is 2.26. The van der Waals surface area contributed by atoms with Crippen molar-refractivity contribution in [3.63, 3.8) is 0 Å². The lowest BCUT2D eigenvalue weighted by Gasteiger charge is -2.36. The van der Waals surface area contributed by atoms with Crippen molar-refractivity contribution in [1.82, 2.24) is 19.6 Å². The molecule has 1 saturated heterocycles. The first-order valence-electron chi connectivity index (χ1n) is 8.30. The van der Waals surface area contributed by atoms with Gasteiger partial charge in [0.2, 0.25) is 5.91 Å². The molecule has 3 rings (SSSR count). The molecule has 0 N–H and O–H groups in total. The molecule has 24 heavy (non-hydrogen) atoms. The van der Waals surface area contributed by atoms with E-state index in [0.717, 1.165) is 43.4 Å². The summed E-state index contributed by atoms with van der Waals surface area (Å²) in [6.07, 6.45) is 1.74. The molecule has 0 aliphatic carbocycles. The maximum Gasteiger partial charge on any atom is 0.247 e. The van der Waals surface area contributed by atoms with E-state index >= 15 is 0 Å². The third-order valence-corrected chi connectivity index (χ3v) is 4.85. The summed E-state index contributed by atoms with van der Waals surface area (Å²) in [5.74, 6) is 0.146. The summed E-state index contributed by atoms with van der Waals surface area (Å²) in [4.78, 5) is 17.0. The summed E-state index contributed by atoms with van der Waals surface area (Å²) >= 11 is 5.93. The third-order valence-electron chi connectivity index (χ3n) is 4.60. The number of halogens is 1. The molecule has 1 fully saturated rings. The van der Waals surface area contributed by atoms with E-state index in [9.17, 15) is 4.79 Å². The zero-order chi connectivity index (χ0) is 17.1. The van der Waals surface area contributed by atoms with Crippen LogP contribution < -0.4 is 0 Å². The molecule has 1 unspecified atom stereocenters. The summed E-state index contributed by atoms with van der Waals surface area (Å²) in [7, 11) is 0. The Balaban J connectivity index is 1.54. The van der Waals surface area contributed by atoms with Crippen molar-refractivity contribution in [1.29, 1.82) is 0 Å². The van der Waals surface area contributed by atoms with Gasteiger partial charge < -0.3 is 4.90 Å². The van der Waals surface area contributed by atoms with Gasteiger partial charge in [-0.3, -0.25) is 14.4 Å². The molecule has 0 radical (unpaired) electrons. The van der Waals surface area contributed by atoms with Crippen LogP contribution in [0, 0.1) is 6.92 Å². The van der Waals surface area contributed by atoms with Crippen LogP contribution in [0.5, 0.6) is 0 Å². The minimum atomic E-state index is -0.247. The predicted molar refractivity (Wildman–Crippen MR) is 95.0 cm³/mol. The molecule has 0 spiro atoms. The molecule has 128 valence electrons. The van der Waals surface area contributed by atoms with Crippen LogP contribution in [0.25, 0.3) is 0 Å². The second kappa shape index (κ2) is 7.36. The Kier molecular flexibility index (Phi) is 5.21. The van der Waals surface area contributed by atoms with Gasteiger partial charge in [-0.05, 0) is 37.6 Å². The molecule has 1 aromatic heterocycles.